The highest BCUT2D eigenvalue weighted by Gasteiger charge is 2.75. The second kappa shape index (κ2) is 4.25. The van der Waals surface area contributed by atoms with E-state index >= 15 is 0 Å². The van der Waals surface area contributed by atoms with Gasteiger partial charge in [-0.1, -0.05) is 13.8 Å². The average Bonchev–Trinajstić information content (AvgIpc) is 3.00. The van der Waals surface area contributed by atoms with Crippen LogP contribution in [-0.2, 0) is 14.3 Å². The van der Waals surface area contributed by atoms with Gasteiger partial charge in [0.1, 0.15) is 6.20 Å². The fraction of sp³-hybridized carbons (Fsp3) is 0.615. The molecule has 2 bridgehead atoms. The molecule has 2 heterocycles. The van der Waals surface area contributed by atoms with Crippen LogP contribution >= 0.6 is 11.3 Å². The number of thiazole rings is 1. The third kappa shape index (κ3) is 1.59. The molecule has 1 aromatic rings. The van der Waals surface area contributed by atoms with E-state index in [1.54, 1.807) is 0 Å². The zero-order valence-electron chi connectivity index (χ0n) is 12.3. The van der Waals surface area contributed by atoms with Gasteiger partial charge in [-0.2, -0.15) is 0 Å². The van der Waals surface area contributed by atoms with Crippen molar-refractivity contribution in [2.75, 3.05) is 5.32 Å². The van der Waals surface area contributed by atoms with Gasteiger partial charge in [0.15, 0.2) is 10.7 Å². The molecular formula is C13H15N3O5S. The molecule has 2 aliphatic rings. The van der Waals surface area contributed by atoms with E-state index in [0.29, 0.717) is 12.8 Å². The number of hydrogen-bond donors (Lipinski definition) is 1. The number of anilines is 1. The topological polar surface area (TPSA) is 111 Å². The van der Waals surface area contributed by atoms with Crippen molar-refractivity contribution >= 4 is 33.3 Å². The van der Waals surface area contributed by atoms with Crippen LogP contribution in [0.4, 0.5) is 10.1 Å². The van der Waals surface area contributed by atoms with E-state index in [9.17, 15) is 19.7 Å². The molecule has 118 valence electrons. The Labute approximate surface area is 130 Å². The molecule has 0 unspecified atom stereocenters. The van der Waals surface area contributed by atoms with Gasteiger partial charge in [0.05, 0.1) is 10.3 Å². The Hall–Kier alpha value is -2.03. The van der Waals surface area contributed by atoms with Gasteiger partial charge in [0.2, 0.25) is 0 Å². The number of amides is 1. The minimum Gasteiger partial charge on any atom is -0.448 e. The average molecular weight is 325 g/mol. The van der Waals surface area contributed by atoms with E-state index in [1.807, 2.05) is 20.8 Å². The molecule has 2 atom stereocenters. The van der Waals surface area contributed by atoms with Gasteiger partial charge in [-0.25, -0.2) is 4.98 Å². The zero-order chi connectivity index (χ0) is 16.3. The molecule has 3 rings (SSSR count). The molecule has 1 saturated heterocycles. The number of nitro groups is 1. The number of ether oxygens (including phenoxy) is 1. The number of carbonyl (C=O) groups excluding carboxylic acids is 2. The summed E-state index contributed by atoms with van der Waals surface area (Å²) >= 11 is 0.768. The van der Waals surface area contributed by atoms with Crippen LogP contribution in [0.25, 0.3) is 0 Å². The number of carbonyl (C=O) groups is 2. The van der Waals surface area contributed by atoms with E-state index < -0.39 is 27.3 Å². The summed E-state index contributed by atoms with van der Waals surface area (Å²) in [5, 5.41) is 13.2. The molecule has 1 N–H and O–H groups in total. The summed E-state index contributed by atoms with van der Waals surface area (Å²) in [6.07, 6.45) is 2.09. The van der Waals surface area contributed by atoms with Crippen LogP contribution in [0.2, 0.25) is 0 Å². The molecule has 8 nitrogen and oxygen atoms in total. The van der Waals surface area contributed by atoms with Crippen LogP contribution in [0.3, 0.4) is 0 Å². The maximum atomic E-state index is 12.7. The Morgan fingerprint density at radius 3 is 2.59 bits per heavy atom. The van der Waals surface area contributed by atoms with Crippen LogP contribution < -0.4 is 5.32 Å². The minimum absolute atomic E-state index is 0.124. The van der Waals surface area contributed by atoms with Crippen LogP contribution in [0.15, 0.2) is 6.20 Å². The second-order valence-electron chi connectivity index (χ2n) is 6.39. The largest absolute Gasteiger partial charge is 0.448 e. The SMILES string of the molecule is CC1(C)[C@@]2(C)CC[C@]1(C(=O)Nc1ncc([N+](=O)[O-])s1)OC2=O. The summed E-state index contributed by atoms with van der Waals surface area (Å²) in [5.74, 6) is -0.847. The fourth-order valence-corrected chi connectivity index (χ4v) is 3.98. The van der Waals surface area contributed by atoms with Crippen molar-refractivity contribution in [1.82, 2.24) is 4.98 Å². The van der Waals surface area contributed by atoms with Gasteiger partial charge in [-0.15, -0.1) is 0 Å². The van der Waals surface area contributed by atoms with Gasteiger partial charge in [0, 0.05) is 5.41 Å². The van der Waals surface area contributed by atoms with Crippen molar-refractivity contribution in [2.24, 2.45) is 10.8 Å². The first-order valence-corrected chi connectivity index (χ1v) is 7.61. The Bertz CT molecular complexity index is 700. The van der Waals surface area contributed by atoms with Crippen molar-refractivity contribution in [2.45, 2.75) is 39.2 Å². The molecule has 1 amide bonds. The van der Waals surface area contributed by atoms with Gasteiger partial charge in [0.25, 0.3) is 5.91 Å². The van der Waals surface area contributed by atoms with Crippen molar-refractivity contribution < 1.29 is 19.2 Å². The highest BCUT2D eigenvalue weighted by atomic mass is 32.1. The smallest absolute Gasteiger partial charge is 0.345 e. The third-order valence-corrected chi connectivity index (χ3v) is 6.21. The van der Waals surface area contributed by atoms with E-state index in [0.717, 1.165) is 17.5 Å². The van der Waals surface area contributed by atoms with Crippen LogP contribution in [-0.4, -0.2) is 27.4 Å². The molecular weight excluding hydrogens is 310 g/mol. The number of hydrogen-bond acceptors (Lipinski definition) is 7. The number of fused-ring (bicyclic) bond motifs is 2. The van der Waals surface area contributed by atoms with Crippen LogP contribution in [0.1, 0.15) is 33.6 Å². The van der Waals surface area contributed by atoms with E-state index in [4.69, 9.17) is 4.74 Å². The predicted molar refractivity (Wildman–Crippen MR) is 77.3 cm³/mol. The summed E-state index contributed by atoms with van der Waals surface area (Å²) in [7, 11) is 0. The van der Waals surface area contributed by atoms with E-state index in [2.05, 4.69) is 10.3 Å². The first-order chi connectivity index (χ1) is 10.1. The number of aromatic nitrogens is 1. The van der Waals surface area contributed by atoms with Crippen LogP contribution in [0, 0.1) is 20.9 Å². The Morgan fingerprint density at radius 1 is 1.45 bits per heavy atom. The van der Waals surface area contributed by atoms with Gasteiger partial charge < -0.3 is 4.74 Å². The normalized spacial score (nSPS) is 31.9. The molecule has 9 heteroatoms. The highest BCUT2D eigenvalue weighted by molar-refractivity contribution is 7.18. The van der Waals surface area contributed by atoms with Crippen molar-refractivity contribution in [3.8, 4) is 0 Å². The van der Waals surface area contributed by atoms with Crippen molar-refractivity contribution in [1.29, 1.82) is 0 Å². The molecule has 0 aromatic carbocycles. The molecule has 1 saturated carbocycles. The maximum Gasteiger partial charge on any atom is 0.345 e. The second-order valence-corrected chi connectivity index (χ2v) is 7.40. The number of rotatable bonds is 3. The Kier molecular flexibility index (Phi) is 2.88. The number of nitrogens with one attached hydrogen (secondary N) is 1. The van der Waals surface area contributed by atoms with E-state index in [1.165, 1.54) is 0 Å². The monoisotopic (exact) mass is 325 g/mol. The summed E-state index contributed by atoms with van der Waals surface area (Å²) in [5.41, 5.74) is -2.61. The first kappa shape index (κ1) is 14.9. The summed E-state index contributed by atoms with van der Waals surface area (Å²) in [4.78, 5) is 38.7. The van der Waals surface area contributed by atoms with Gasteiger partial charge in [-0.3, -0.25) is 25.0 Å². The van der Waals surface area contributed by atoms with Crippen LogP contribution in [0.5, 0.6) is 0 Å². The first-order valence-electron chi connectivity index (χ1n) is 6.79. The summed E-state index contributed by atoms with van der Waals surface area (Å²) in [6.45, 7) is 5.50. The fourth-order valence-electron chi connectivity index (χ4n) is 3.35. The lowest BCUT2D eigenvalue weighted by Gasteiger charge is -2.34. The Morgan fingerprint density at radius 2 is 2.14 bits per heavy atom. The molecule has 2 fully saturated rings. The third-order valence-electron chi connectivity index (χ3n) is 5.34. The molecule has 0 radical (unpaired) electrons. The lowest BCUT2D eigenvalue weighted by molar-refractivity contribution is -0.380. The molecule has 0 spiro atoms. The summed E-state index contributed by atoms with van der Waals surface area (Å²) in [6, 6.07) is 0. The predicted octanol–water partition coefficient (Wildman–Crippen LogP) is 2.11. The Balaban J connectivity index is 1.89. The van der Waals surface area contributed by atoms with Gasteiger partial charge >= 0.3 is 11.0 Å². The van der Waals surface area contributed by atoms with Crippen molar-refractivity contribution in [3.05, 3.63) is 16.3 Å². The molecule has 1 aromatic heterocycles. The van der Waals surface area contributed by atoms with E-state index in [-0.39, 0.29) is 16.1 Å². The quantitative estimate of drug-likeness (QED) is 0.517. The zero-order valence-corrected chi connectivity index (χ0v) is 13.2. The molecule has 1 aliphatic heterocycles. The number of esters is 1. The summed E-state index contributed by atoms with van der Waals surface area (Å²) < 4.78 is 5.45. The molecule has 22 heavy (non-hydrogen) atoms. The highest BCUT2D eigenvalue weighted by Crippen LogP contribution is 2.65. The standard InChI is InChI=1S/C13H15N3O5S/c1-11(2)12(3)4-5-13(11,21-9(12)18)8(17)15-10-14-6-7(22-10)16(19)20/h6H,4-5H2,1-3H3,(H,14,15,17)/t12-,13+/m0/s1. The van der Waals surface area contributed by atoms with Crippen molar-refractivity contribution in [3.63, 3.8) is 0 Å². The maximum absolute atomic E-state index is 12.7. The van der Waals surface area contributed by atoms with Gasteiger partial charge in [-0.05, 0) is 31.1 Å². The minimum atomic E-state index is -1.25. The lowest BCUT2D eigenvalue weighted by Crippen LogP contribution is -2.50. The lowest BCUT2D eigenvalue weighted by atomic mass is 9.66. The number of nitrogens with zero attached hydrogens (tertiary/aromatic N) is 2. The molecule has 1 aliphatic carbocycles.